The maximum atomic E-state index is 12.3. The Bertz CT molecular complexity index is 1740. The molecule has 0 spiro atoms. The van der Waals surface area contributed by atoms with Gasteiger partial charge in [0.05, 0.1) is 24.8 Å². The second-order valence-electron chi connectivity index (χ2n) is 19.8. The van der Waals surface area contributed by atoms with Gasteiger partial charge in [0.1, 0.15) is 23.3 Å². The van der Waals surface area contributed by atoms with Crippen LogP contribution in [0.15, 0.2) is 0 Å². The van der Waals surface area contributed by atoms with Crippen LogP contribution in [0.3, 0.4) is 0 Å². The lowest BCUT2D eigenvalue weighted by molar-refractivity contribution is -0.140. The van der Waals surface area contributed by atoms with Crippen LogP contribution in [-0.2, 0) is 53.9 Å². The molecule has 0 aliphatic rings. The van der Waals surface area contributed by atoms with Gasteiger partial charge in [-0.05, 0) is 84.1 Å². The molecule has 3 atom stereocenters. The monoisotopic (exact) mass is 962 g/mol. The van der Waals surface area contributed by atoms with Crippen molar-refractivity contribution in [2.75, 3.05) is 39.9 Å². The molecule has 20 nitrogen and oxygen atoms in total. The van der Waals surface area contributed by atoms with Crippen LogP contribution in [0.5, 0.6) is 0 Å². The second-order valence-corrected chi connectivity index (χ2v) is 25.7. The SMILES string of the molecule is CC(C)(C)CC(NC(=O)OC(C)(C)C)C(=O)O.CN(C(=O)C(CC(C)(C)C)NC(=O)OC(C)(C)C)S(C)(=O)=O.CN(C(=O)[C@@H](N)CC(C)(C)C)S(C)(=O)=O.CNS(C)(=O)=O.Cl. The Morgan fingerprint density at radius 2 is 0.836 bits per heavy atom. The molecule has 24 heteroatoms. The number of sulfonamides is 3. The number of alkyl carbamates (subject to hydrolysis) is 2. The van der Waals surface area contributed by atoms with Gasteiger partial charge in [-0.25, -0.2) is 53.0 Å². The minimum Gasteiger partial charge on any atom is -0.480 e. The first kappa shape index (κ1) is 67.1. The lowest BCUT2D eigenvalue weighted by Gasteiger charge is -2.29. The van der Waals surface area contributed by atoms with Gasteiger partial charge in [0.15, 0.2) is 0 Å². The number of hydrogen-bond donors (Lipinski definition) is 5. The van der Waals surface area contributed by atoms with Gasteiger partial charge in [0, 0.05) is 14.1 Å². The largest absolute Gasteiger partial charge is 0.480 e. The highest BCUT2D eigenvalue weighted by Crippen LogP contribution is 2.24. The number of carboxylic acid groups (broad SMARTS) is 1. The van der Waals surface area contributed by atoms with Crippen molar-refractivity contribution in [2.45, 2.75) is 152 Å². The number of aliphatic carboxylic acids is 1. The number of hydrogen-bond acceptors (Lipinski definition) is 14. The van der Waals surface area contributed by atoms with Gasteiger partial charge in [0.2, 0.25) is 30.1 Å². The van der Waals surface area contributed by atoms with E-state index in [1.54, 1.807) is 41.5 Å². The Balaban J connectivity index is -0.000000242. The van der Waals surface area contributed by atoms with E-state index in [0.29, 0.717) is 21.5 Å². The van der Waals surface area contributed by atoms with E-state index in [2.05, 4.69) is 15.4 Å². The Hall–Kier alpha value is -2.99. The number of carbonyl (C=O) groups excluding carboxylic acids is 4. The fourth-order valence-corrected chi connectivity index (χ4v) is 4.97. The topological polar surface area (TPSA) is 295 Å². The number of nitrogens with two attached hydrogens (primary N) is 1. The highest BCUT2D eigenvalue weighted by molar-refractivity contribution is 7.89. The predicted octanol–water partition coefficient (Wildman–Crippen LogP) is 3.89. The maximum Gasteiger partial charge on any atom is 0.408 e. The summed E-state index contributed by atoms with van der Waals surface area (Å²) in [4.78, 5) is 58.3. The van der Waals surface area contributed by atoms with Crippen LogP contribution < -0.4 is 21.1 Å². The Kier molecular flexibility index (Phi) is 28.5. The predicted molar refractivity (Wildman–Crippen MR) is 241 cm³/mol. The third-order valence-corrected chi connectivity index (χ3v) is 9.84. The fraction of sp³-hybridized carbons (Fsp3) is 0.865. The van der Waals surface area contributed by atoms with E-state index in [0.717, 1.165) is 18.8 Å². The number of carbonyl (C=O) groups is 5. The van der Waals surface area contributed by atoms with Gasteiger partial charge in [-0.3, -0.25) is 9.59 Å². The number of amides is 4. The molecule has 0 heterocycles. The number of halogens is 1. The normalized spacial score (nSPS) is 13.8. The van der Waals surface area contributed by atoms with Gasteiger partial charge < -0.3 is 30.9 Å². The molecule has 366 valence electrons. The minimum atomic E-state index is -3.68. The first-order chi connectivity index (χ1) is 25.9. The Labute approximate surface area is 373 Å². The fourth-order valence-electron chi connectivity index (χ4n) is 4.05. The summed E-state index contributed by atoms with van der Waals surface area (Å²) < 4.78 is 78.6. The summed E-state index contributed by atoms with van der Waals surface area (Å²) in [6.07, 6.45) is 2.65. The number of likely N-dealkylation sites (N-methyl/N-ethyl adjacent to an activating group) is 2. The minimum absolute atomic E-state index is 0. The molecular weight excluding hydrogens is 884 g/mol. The highest BCUT2D eigenvalue weighted by Gasteiger charge is 2.33. The summed E-state index contributed by atoms with van der Waals surface area (Å²) in [5, 5.41) is 13.8. The lowest BCUT2D eigenvalue weighted by Crippen LogP contribution is -2.51. The summed E-state index contributed by atoms with van der Waals surface area (Å²) in [5.41, 5.74) is 3.74. The summed E-state index contributed by atoms with van der Waals surface area (Å²) in [7, 11) is -6.33. The number of rotatable bonds is 11. The van der Waals surface area contributed by atoms with Crippen LogP contribution in [0.1, 0.15) is 123 Å². The smallest absolute Gasteiger partial charge is 0.408 e. The summed E-state index contributed by atoms with van der Waals surface area (Å²) >= 11 is 0. The molecule has 0 aromatic carbocycles. The van der Waals surface area contributed by atoms with E-state index in [4.69, 9.17) is 20.3 Å². The lowest BCUT2D eigenvalue weighted by atomic mass is 9.88. The first-order valence-corrected chi connectivity index (χ1v) is 24.3. The zero-order chi connectivity index (χ0) is 49.4. The molecule has 61 heavy (non-hydrogen) atoms. The second kappa shape index (κ2) is 26.0. The number of ether oxygens (including phenoxy) is 2. The summed E-state index contributed by atoms with van der Waals surface area (Å²) in [6, 6.07) is -2.68. The zero-order valence-corrected chi connectivity index (χ0v) is 43.5. The van der Waals surface area contributed by atoms with Crippen molar-refractivity contribution in [3.63, 3.8) is 0 Å². The Morgan fingerprint density at radius 3 is 1.07 bits per heavy atom. The molecule has 2 unspecified atom stereocenters. The van der Waals surface area contributed by atoms with Crippen LogP contribution in [0.4, 0.5) is 9.59 Å². The molecule has 0 radical (unpaired) electrons. The van der Waals surface area contributed by atoms with Gasteiger partial charge in [0.25, 0.3) is 11.8 Å². The molecule has 0 aromatic heterocycles. The molecule has 0 saturated carbocycles. The van der Waals surface area contributed by atoms with Gasteiger partial charge in [-0.15, -0.1) is 12.4 Å². The van der Waals surface area contributed by atoms with Crippen molar-refractivity contribution >= 4 is 72.4 Å². The van der Waals surface area contributed by atoms with E-state index in [9.17, 15) is 49.2 Å². The molecular formula is C37H79ClN6O14S3. The van der Waals surface area contributed by atoms with Crippen molar-refractivity contribution in [1.29, 1.82) is 0 Å². The third-order valence-electron chi connectivity index (χ3n) is 6.75. The van der Waals surface area contributed by atoms with Crippen molar-refractivity contribution in [3.8, 4) is 0 Å². The molecule has 0 fully saturated rings. The van der Waals surface area contributed by atoms with E-state index < -0.39 is 89.4 Å². The quantitative estimate of drug-likeness (QED) is 0.196. The molecule has 0 saturated heterocycles. The summed E-state index contributed by atoms with van der Waals surface area (Å²) in [5.74, 6) is -2.30. The number of nitrogens with one attached hydrogen (secondary N) is 3. The van der Waals surface area contributed by atoms with E-state index in [1.165, 1.54) is 21.1 Å². The molecule has 6 N–H and O–H groups in total. The van der Waals surface area contributed by atoms with Gasteiger partial charge in [-0.2, -0.15) is 0 Å². The summed E-state index contributed by atoms with van der Waals surface area (Å²) in [6.45, 7) is 27.6. The average molecular weight is 964 g/mol. The zero-order valence-electron chi connectivity index (χ0n) is 40.2. The molecule has 4 amide bonds. The highest BCUT2D eigenvalue weighted by atomic mass is 35.5. The van der Waals surface area contributed by atoms with Crippen molar-refractivity contribution in [2.24, 2.45) is 22.0 Å². The first-order valence-electron chi connectivity index (χ1n) is 18.8. The van der Waals surface area contributed by atoms with Crippen molar-refractivity contribution in [3.05, 3.63) is 0 Å². The molecule has 0 bridgehead atoms. The van der Waals surface area contributed by atoms with Gasteiger partial charge >= 0.3 is 18.2 Å². The van der Waals surface area contributed by atoms with Crippen LogP contribution in [0, 0.1) is 16.2 Å². The third kappa shape index (κ3) is 40.8. The maximum absolute atomic E-state index is 12.3. The van der Waals surface area contributed by atoms with Gasteiger partial charge in [-0.1, -0.05) is 62.3 Å². The van der Waals surface area contributed by atoms with E-state index in [1.807, 2.05) is 62.3 Å². The van der Waals surface area contributed by atoms with E-state index >= 15 is 0 Å². The molecule has 0 aliphatic heterocycles. The number of nitrogens with zero attached hydrogens (tertiary/aromatic N) is 2. The molecule has 0 aromatic rings. The van der Waals surface area contributed by atoms with E-state index in [-0.39, 0.29) is 35.1 Å². The standard InChI is InChI=1S/C14H28N2O5S.C12H23NO4.C9H20N2O3S.C2H7NO2S.ClH/c1-13(2,3)9-10(11(17)16(7)22(8,19)20)15-12(18)21-14(4,5)6;1-11(2,3)7-8(9(14)15)13-10(16)17-12(4,5)6;1-9(2,3)6-7(10)8(12)11(4)15(5,13)14;1-3-6(2,4)5;/h10H,9H2,1-8H3,(H,15,18);8H,7H2,1-6H3,(H,13,16)(H,14,15);7H,6,10H2,1-5H3;3H,1-2H3;1H/t;;7-;;/m..0../s1. The Morgan fingerprint density at radius 1 is 0.574 bits per heavy atom. The van der Waals surface area contributed by atoms with Crippen molar-refractivity contribution in [1.82, 2.24) is 24.0 Å². The molecule has 0 aliphatic carbocycles. The van der Waals surface area contributed by atoms with Crippen LogP contribution >= 0.6 is 12.4 Å². The van der Waals surface area contributed by atoms with Crippen LogP contribution in [0.25, 0.3) is 0 Å². The molecule has 0 rings (SSSR count). The average Bonchev–Trinajstić information content (AvgIpc) is 2.94. The van der Waals surface area contributed by atoms with Crippen LogP contribution in [0.2, 0.25) is 0 Å². The van der Waals surface area contributed by atoms with Crippen molar-refractivity contribution < 1.29 is 63.8 Å². The van der Waals surface area contributed by atoms with Crippen LogP contribution in [-0.4, -0.2) is 138 Å². The number of carboxylic acids is 1.